The topological polar surface area (TPSA) is 55.4 Å². The molecule has 0 aliphatic carbocycles. The van der Waals surface area contributed by atoms with Crippen molar-refractivity contribution in [3.8, 4) is 5.75 Å². The Morgan fingerprint density at radius 3 is 1.93 bits per heavy atom. The summed E-state index contributed by atoms with van der Waals surface area (Å²) >= 11 is 17.9. The van der Waals surface area contributed by atoms with Gasteiger partial charge in [0.25, 0.3) is 0 Å². The molecular formula is C22H32Cl3NO3. The number of alkyl halides is 3. The summed E-state index contributed by atoms with van der Waals surface area (Å²) in [6, 6.07) is 6.45. The van der Waals surface area contributed by atoms with Gasteiger partial charge in [0.1, 0.15) is 5.75 Å². The first-order valence-corrected chi connectivity index (χ1v) is 11.5. The average molecular weight is 465 g/mol. The number of carbonyl (C=O) groups excluding carboxylic acids is 2. The normalized spacial score (nSPS) is 12.4. The maximum atomic E-state index is 12.2. The summed E-state index contributed by atoms with van der Waals surface area (Å²) in [6.07, 6.45) is 9.82. The minimum absolute atomic E-state index is 0.0521. The van der Waals surface area contributed by atoms with Crippen LogP contribution in [0.2, 0.25) is 0 Å². The molecule has 0 saturated heterocycles. The van der Waals surface area contributed by atoms with Crippen molar-refractivity contribution in [2.24, 2.45) is 0 Å². The van der Waals surface area contributed by atoms with Crippen LogP contribution in [0.1, 0.15) is 88.4 Å². The van der Waals surface area contributed by atoms with Crippen molar-refractivity contribution in [1.82, 2.24) is 5.32 Å². The fraction of sp³-hybridized carbons (Fsp3) is 0.636. The van der Waals surface area contributed by atoms with Crippen LogP contribution < -0.4 is 10.1 Å². The van der Waals surface area contributed by atoms with E-state index < -0.39 is 10.0 Å². The Balaban J connectivity index is 2.37. The summed E-state index contributed by atoms with van der Waals surface area (Å²) in [5.41, 5.74) is 0.553. The van der Waals surface area contributed by atoms with Crippen LogP contribution in [0.25, 0.3) is 0 Å². The van der Waals surface area contributed by atoms with Crippen LogP contribution in [0.4, 0.5) is 0 Å². The van der Waals surface area contributed by atoms with Crippen molar-refractivity contribution >= 4 is 46.5 Å². The summed E-state index contributed by atoms with van der Waals surface area (Å²) in [7, 11) is 0. The van der Waals surface area contributed by atoms with Gasteiger partial charge in [-0.2, -0.15) is 0 Å². The van der Waals surface area contributed by atoms with Crippen molar-refractivity contribution in [2.45, 2.75) is 88.1 Å². The number of amides is 1. The third-order valence-electron chi connectivity index (χ3n) is 4.61. The zero-order valence-electron chi connectivity index (χ0n) is 17.3. The summed E-state index contributed by atoms with van der Waals surface area (Å²) in [6.45, 7) is 3.69. The molecule has 1 aromatic rings. The van der Waals surface area contributed by atoms with Gasteiger partial charge in [0, 0.05) is 12.0 Å². The number of halogens is 3. The molecular weight excluding hydrogens is 433 g/mol. The number of rotatable bonds is 14. The molecule has 1 atom stereocenters. The van der Waals surface area contributed by atoms with Gasteiger partial charge in [-0.25, -0.2) is 0 Å². The minimum Gasteiger partial charge on any atom is -0.466 e. The van der Waals surface area contributed by atoms with Gasteiger partial charge >= 0.3 is 0 Å². The van der Waals surface area contributed by atoms with Gasteiger partial charge in [-0.3, -0.25) is 9.59 Å². The SMILES string of the molecule is CCCCCCCCCCCC(=O)NC(Oc1ccc(C(C)=O)cc1)C(Cl)(Cl)Cl. The van der Waals surface area contributed by atoms with Crippen LogP contribution in [-0.2, 0) is 4.79 Å². The zero-order valence-corrected chi connectivity index (χ0v) is 19.6. The molecule has 164 valence electrons. The molecule has 0 bridgehead atoms. The first-order chi connectivity index (χ1) is 13.7. The monoisotopic (exact) mass is 463 g/mol. The van der Waals surface area contributed by atoms with Gasteiger partial charge in [-0.1, -0.05) is 93.1 Å². The lowest BCUT2D eigenvalue weighted by Gasteiger charge is -2.26. The molecule has 1 aromatic carbocycles. The molecule has 0 spiro atoms. The largest absolute Gasteiger partial charge is 0.466 e. The van der Waals surface area contributed by atoms with E-state index >= 15 is 0 Å². The molecule has 1 rings (SSSR count). The molecule has 0 fully saturated rings. The van der Waals surface area contributed by atoms with Crippen LogP contribution >= 0.6 is 34.8 Å². The molecule has 0 aliphatic heterocycles. The summed E-state index contributed by atoms with van der Waals surface area (Å²) < 4.78 is 3.81. The maximum Gasteiger partial charge on any atom is 0.246 e. The number of benzene rings is 1. The second-order valence-corrected chi connectivity index (χ2v) is 9.63. The predicted octanol–water partition coefficient (Wildman–Crippen LogP) is 7.00. The highest BCUT2D eigenvalue weighted by molar-refractivity contribution is 6.68. The van der Waals surface area contributed by atoms with Crippen molar-refractivity contribution in [2.75, 3.05) is 0 Å². The third-order valence-corrected chi connectivity index (χ3v) is 5.21. The number of hydrogen-bond acceptors (Lipinski definition) is 3. The first kappa shape index (κ1) is 26.1. The molecule has 0 heterocycles. The second kappa shape index (κ2) is 14.1. The van der Waals surface area contributed by atoms with Crippen molar-refractivity contribution < 1.29 is 14.3 Å². The fourth-order valence-corrected chi connectivity index (χ4v) is 3.19. The Kier molecular flexibility index (Phi) is 12.7. The van der Waals surface area contributed by atoms with E-state index in [0.717, 1.165) is 19.3 Å². The molecule has 1 unspecified atom stereocenters. The van der Waals surface area contributed by atoms with E-state index in [2.05, 4.69) is 12.2 Å². The van der Waals surface area contributed by atoms with E-state index in [-0.39, 0.29) is 11.7 Å². The number of unbranched alkanes of at least 4 members (excludes halogenated alkanes) is 8. The van der Waals surface area contributed by atoms with Crippen molar-refractivity contribution in [3.63, 3.8) is 0 Å². The zero-order chi connectivity index (χ0) is 21.7. The standard InChI is InChI=1S/C22H32Cl3NO3/c1-3-4-5-6-7-8-9-10-11-12-20(28)26-21(22(23,24)25)29-19-15-13-18(14-16-19)17(2)27/h13-16,21H,3-12H2,1-2H3,(H,26,28). The number of nitrogens with one attached hydrogen (secondary N) is 1. The Morgan fingerprint density at radius 2 is 1.45 bits per heavy atom. The van der Waals surface area contributed by atoms with E-state index in [1.807, 2.05) is 0 Å². The van der Waals surface area contributed by atoms with Gasteiger partial charge in [0.15, 0.2) is 5.78 Å². The fourth-order valence-electron chi connectivity index (χ4n) is 2.90. The van der Waals surface area contributed by atoms with E-state index in [0.29, 0.717) is 17.7 Å². The lowest BCUT2D eigenvalue weighted by molar-refractivity contribution is -0.123. The summed E-state index contributed by atoms with van der Waals surface area (Å²) in [5.74, 6) is 0.128. The van der Waals surface area contributed by atoms with Crippen LogP contribution in [0.5, 0.6) is 5.75 Å². The molecule has 0 radical (unpaired) electrons. The van der Waals surface area contributed by atoms with Crippen LogP contribution in [0, 0.1) is 0 Å². The first-order valence-electron chi connectivity index (χ1n) is 10.4. The number of carbonyl (C=O) groups is 2. The van der Waals surface area contributed by atoms with Gasteiger partial charge in [-0.05, 0) is 37.6 Å². The number of ether oxygens (including phenoxy) is 1. The van der Waals surface area contributed by atoms with E-state index in [1.54, 1.807) is 24.3 Å². The Hall–Kier alpha value is -0.970. The van der Waals surface area contributed by atoms with Crippen LogP contribution in [0.15, 0.2) is 24.3 Å². The lowest BCUT2D eigenvalue weighted by Crippen LogP contribution is -2.47. The Bertz CT molecular complexity index is 615. The minimum atomic E-state index is -1.83. The highest BCUT2D eigenvalue weighted by atomic mass is 35.6. The molecule has 0 aromatic heterocycles. The molecule has 0 saturated carbocycles. The van der Waals surface area contributed by atoms with Crippen LogP contribution in [-0.4, -0.2) is 21.7 Å². The highest BCUT2D eigenvalue weighted by Crippen LogP contribution is 2.32. The third kappa shape index (κ3) is 11.7. The van der Waals surface area contributed by atoms with Crippen molar-refractivity contribution in [1.29, 1.82) is 0 Å². The molecule has 1 amide bonds. The average Bonchev–Trinajstić information content (AvgIpc) is 2.66. The predicted molar refractivity (Wildman–Crippen MR) is 121 cm³/mol. The summed E-state index contributed by atoms with van der Waals surface area (Å²) in [5, 5.41) is 2.64. The Morgan fingerprint density at radius 1 is 0.931 bits per heavy atom. The van der Waals surface area contributed by atoms with Gasteiger partial charge in [-0.15, -0.1) is 0 Å². The lowest BCUT2D eigenvalue weighted by atomic mass is 10.1. The highest BCUT2D eigenvalue weighted by Gasteiger charge is 2.36. The molecule has 0 aliphatic rings. The maximum absolute atomic E-state index is 12.2. The number of Topliss-reactive ketones (excluding diaryl/α,β-unsaturated/α-hetero) is 1. The second-order valence-electron chi connectivity index (χ2n) is 7.27. The van der Waals surface area contributed by atoms with Gasteiger partial charge < -0.3 is 10.1 Å². The Labute approximate surface area is 189 Å². The molecule has 1 N–H and O–H groups in total. The van der Waals surface area contributed by atoms with Crippen molar-refractivity contribution in [3.05, 3.63) is 29.8 Å². The summed E-state index contributed by atoms with van der Waals surface area (Å²) in [4.78, 5) is 23.6. The van der Waals surface area contributed by atoms with E-state index in [9.17, 15) is 9.59 Å². The number of hydrogen-bond donors (Lipinski definition) is 1. The van der Waals surface area contributed by atoms with Gasteiger partial charge in [0.05, 0.1) is 0 Å². The molecule has 29 heavy (non-hydrogen) atoms. The quantitative estimate of drug-likeness (QED) is 0.139. The molecule has 7 heteroatoms. The molecule has 4 nitrogen and oxygen atoms in total. The smallest absolute Gasteiger partial charge is 0.246 e. The van der Waals surface area contributed by atoms with E-state index in [1.165, 1.54) is 45.4 Å². The van der Waals surface area contributed by atoms with Gasteiger partial charge in [0.2, 0.25) is 15.9 Å². The number of ketones is 1. The van der Waals surface area contributed by atoms with E-state index in [4.69, 9.17) is 39.5 Å². The van der Waals surface area contributed by atoms with Crippen LogP contribution in [0.3, 0.4) is 0 Å².